The molecule has 0 radical (unpaired) electrons. The van der Waals surface area contributed by atoms with Gasteiger partial charge in [0.05, 0.1) is 16.7 Å². The van der Waals surface area contributed by atoms with Crippen LogP contribution in [0.25, 0.3) is 0 Å². The summed E-state index contributed by atoms with van der Waals surface area (Å²) in [6.07, 6.45) is 0. The van der Waals surface area contributed by atoms with Crippen LogP contribution < -0.4 is 0 Å². The second kappa shape index (κ2) is 4.86. The van der Waals surface area contributed by atoms with Gasteiger partial charge in [-0.1, -0.05) is 34.9 Å². The lowest BCUT2D eigenvalue weighted by atomic mass is 10.1. The minimum Gasteiger partial charge on any atom is -0.324 e. The van der Waals surface area contributed by atoms with Crippen LogP contribution in [0, 0.1) is 6.92 Å². The normalized spacial score (nSPS) is 13.3. The monoisotopic (exact) mass is 281 g/mol. The van der Waals surface area contributed by atoms with Crippen LogP contribution in [-0.2, 0) is 4.84 Å². The molecule has 5 heteroatoms. The summed E-state index contributed by atoms with van der Waals surface area (Å²) in [6.45, 7) is 1.83. The zero-order chi connectivity index (χ0) is 15.0. The predicted octanol–water partition coefficient (Wildman–Crippen LogP) is 2.36. The molecule has 21 heavy (non-hydrogen) atoms. The molecule has 5 nitrogen and oxygen atoms in total. The van der Waals surface area contributed by atoms with E-state index in [-0.39, 0.29) is 16.7 Å². The molecular formula is C16H11NO4. The van der Waals surface area contributed by atoms with E-state index in [9.17, 15) is 14.4 Å². The Morgan fingerprint density at radius 3 is 2.14 bits per heavy atom. The Bertz CT molecular complexity index is 731. The molecule has 0 spiro atoms. The van der Waals surface area contributed by atoms with E-state index in [1.54, 1.807) is 30.3 Å². The zero-order valence-corrected chi connectivity index (χ0v) is 11.2. The first-order chi connectivity index (χ1) is 10.1. The number of rotatable bonds is 2. The van der Waals surface area contributed by atoms with Gasteiger partial charge in [-0.15, -0.1) is 0 Å². The lowest BCUT2D eigenvalue weighted by Gasteiger charge is -2.12. The Morgan fingerprint density at radius 1 is 0.952 bits per heavy atom. The molecule has 104 valence electrons. The zero-order valence-electron chi connectivity index (χ0n) is 11.2. The molecule has 2 aromatic carbocycles. The van der Waals surface area contributed by atoms with Crippen LogP contribution in [0.3, 0.4) is 0 Å². The van der Waals surface area contributed by atoms with E-state index in [0.717, 1.165) is 5.56 Å². The van der Waals surface area contributed by atoms with Crippen molar-refractivity contribution in [2.45, 2.75) is 6.92 Å². The average molecular weight is 281 g/mol. The smallest absolute Gasteiger partial charge is 0.324 e. The van der Waals surface area contributed by atoms with E-state index < -0.39 is 17.8 Å². The summed E-state index contributed by atoms with van der Waals surface area (Å²) < 4.78 is 0. The highest BCUT2D eigenvalue weighted by atomic mass is 16.7. The molecule has 1 aliphatic rings. The molecule has 0 saturated heterocycles. The van der Waals surface area contributed by atoms with Crippen molar-refractivity contribution in [3.63, 3.8) is 0 Å². The van der Waals surface area contributed by atoms with Crippen molar-refractivity contribution < 1.29 is 19.2 Å². The minimum absolute atomic E-state index is 0.236. The third kappa shape index (κ3) is 2.18. The molecule has 0 aromatic heterocycles. The summed E-state index contributed by atoms with van der Waals surface area (Å²) in [6, 6.07) is 13.1. The van der Waals surface area contributed by atoms with Gasteiger partial charge in [0.2, 0.25) is 0 Å². The largest absolute Gasteiger partial charge is 0.363 e. The van der Waals surface area contributed by atoms with Crippen LogP contribution >= 0.6 is 0 Å². The van der Waals surface area contributed by atoms with E-state index in [2.05, 4.69) is 0 Å². The Balaban J connectivity index is 1.85. The van der Waals surface area contributed by atoms with E-state index in [1.807, 2.05) is 13.0 Å². The van der Waals surface area contributed by atoms with Crippen molar-refractivity contribution in [3.05, 3.63) is 70.8 Å². The number of hydroxylamine groups is 2. The maximum atomic E-state index is 12.1. The van der Waals surface area contributed by atoms with E-state index in [1.165, 1.54) is 12.1 Å². The molecule has 0 fully saturated rings. The highest BCUT2D eigenvalue weighted by Gasteiger charge is 2.38. The highest BCUT2D eigenvalue weighted by Crippen LogP contribution is 2.23. The summed E-state index contributed by atoms with van der Waals surface area (Å²) in [7, 11) is 0. The first kappa shape index (κ1) is 13.1. The Labute approximate surface area is 120 Å². The van der Waals surface area contributed by atoms with Crippen LogP contribution in [0.1, 0.15) is 36.6 Å². The molecule has 3 rings (SSSR count). The van der Waals surface area contributed by atoms with Gasteiger partial charge < -0.3 is 4.84 Å². The van der Waals surface area contributed by atoms with Crippen LogP contribution in [-0.4, -0.2) is 22.8 Å². The molecule has 0 unspecified atom stereocenters. The van der Waals surface area contributed by atoms with Crippen molar-refractivity contribution >= 4 is 17.8 Å². The first-order valence-corrected chi connectivity index (χ1v) is 6.35. The highest BCUT2D eigenvalue weighted by molar-refractivity contribution is 6.21. The number of fused-ring (bicyclic) bond motifs is 1. The van der Waals surface area contributed by atoms with Gasteiger partial charge in [-0.05, 0) is 31.2 Å². The van der Waals surface area contributed by atoms with Gasteiger partial charge in [0, 0.05) is 0 Å². The van der Waals surface area contributed by atoms with Crippen LogP contribution in [0.4, 0.5) is 0 Å². The lowest BCUT2D eigenvalue weighted by molar-refractivity contribution is -0.0584. The van der Waals surface area contributed by atoms with Gasteiger partial charge in [0.15, 0.2) is 0 Å². The third-order valence-electron chi connectivity index (χ3n) is 3.18. The van der Waals surface area contributed by atoms with Crippen molar-refractivity contribution in [1.29, 1.82) is 0 Å². The number of imide groups is 1. The minimum atomic E-state index is -0.742. The summed E-state index contributed by atoms with van der Waals surface area (Å²) >= 11 is 0. The quantitative estimate of drug-likeness (QED) is 0.793. The van der Waals surface area contributed by atoms with Crippen molar-refractivity contribution in [1.82, 2.24) is 5.06 Å². The summed E-state index contributed by atoms with van der Waals surface area (Å²) in [5, 5.41) is 0.509. The number of carbonyl (C=O) groups excluding carboxylic acids is 3. The molecule has 0 atom stereocenters. The fraction of sp³-hybridized carbons (Fsp3) is 0.0625. The van der Waals surface area contributed by atoms with Crippen LogP contribution in [0.5, 0.6) is 0 Å². The van der Waals surface area contributed by atoms with Crippen molar-refractivity contribution in [2.24, 2.45) is 0 Å². The number of hydrogen-bond donors (Lipinski definition) is 0. The van der Waals surface area contributed by atoms with Gasteiger partial charge in [0.1, 0.15) is 0 Å². The molecule has 0 aliphatic carbocycles. The number of hydrogen-bond acceptors (Lipinski definition) is 4. The average Bonchev–Trinajstić information content (AvgIpc) is 2.73. The van der Waals surface area contributed by atoms with Crippen molar-refractivity contribution in [2.75, 3.05) is 0 Å². The number of benzene rings is 2. The second-order valence-electron chi connectivity index (χ2n) is 4.70. The third-order valence-corrected chi connectivity index (χ3v) is 3.18. The fourth-order valence-corrected chi connectivity index (χ4v) is 2.16. The number of carbonyl (C=O) groups is 3. The maximum Gasteiger partial charge on any atom is 0.363 e. The number of aryl methyl sites for hydroxylation is 1. The van der Waals surface area contributed by atoms with Gasteiger partial charge in [-0.2, -0.15) is 0 Å². The van der Waals surface area contributed by atoms with E-state index in [0.29, 0.717) is 5.06 Å². The Kier molecular flexibility index (Phi) is 3.02. The van der Waals surface area contributed by atoms with Gasteiger partial charge >= 0.3 is 5.97 Å². The molecule has 2 amide bonds. The second-order valence-corrected chi connectivity index (χ2v) is 4.70. The SMILES string of the molecule is Cc1cccc(C(=O)ON2C(=O)c3ccccc3C2=O)c1. The summed E-state index contributed by atoms with van der Waals surface area (Å²) in [5.74, 6) is -2.00. The predicted molar refractivity (Wildman–Crippen MR) is 73.5 cm³/mol. The maximum absolute atomic E-state index is 12.1. The van der Waals surface area contributed by atoms with Gasteiger partial charge in [0.25, 0.3) is 11.8 Å². The Hall–Kier alpha value is -2.95. The summed E-state index contributed by atoms with van der Waals surface area (Å²) in [4.78, 5) is 41.1. The Morgan fingerprint density at radius 2 is 1.57 bits per heavy atom. The molecule has 0 bridgehead atoms. The van der Waals surface area contributed by atoms with E-state index in [4.69, 9.17) is 4.84 Å². The van der Waals surface area contributed by atoms with Crippen LogP contribution in [0.2, 0.25) is 0 Å². The molecule has 1 aliphatic heterocycles. The van der Waals surface area contributed by atoms with Crippen molar-refractivity contribution in [3.8, 4) is 0 Å². The van der Waals surface area contributed by atoms with Gasteiger partial charge in [-0.3, -0.25) is 9.59 Å². The number of nitrogens with zero attached hydrogens (tertiary/aromatic N) is 1. The standard InChI is InChI=1S/C16H11NO4/c1-10-5-4-6-11(9-10)16(20)21-17-14(18)12-7-2-3-8-13(12)15(17)19/h2-9H,1H3. The lowest BCUT2D eigenvalue weighted by Crippen LogP contribution is -2.32. The molecule has 1 heterocycles. The molecule has 2 aromatic rings. The fourth-order valence-electron chi connectivity index (χ4n) is 2.16. The molecule has 0 N–H and O–H groups in total. The van der Waals surface area contributed by atoms with E-state index >= 15 is 0 Å². The summed E-state index contributed by atoms with van der Waals surface area (Å²) in [5.41, 5.74) is 1.64. The first-order valence-electron chi connectivity index (χ1n) is 6.35. The van der Waals surface area contributed by atoms with Crippen LogP contribution in [0.15, 0.2) is 48.5 Å². The molecular weight excluding hydrogens is 270 g/mol. The molecule has 0 saturated carbocycles. The topological polar surface area (TPSA) is 63.7 Å². The number of amides is 2. The van der Waals surface area contributed by atoms with Gasteiger partial charge in [-0.25, -0.2) is 4.79 Å².